The SMILES string of the molecule is CCn1c2ccc(C(=NO)c3ccccc3C)cc2c2cc(-c3cccc4c3[nH]c3ccccc34)ccc21. The number of para-hydroxylation sites is 2. The zero-order chi connectivity index (χ0) is 25.8. The van der Waals surface area contributed by atoms with Gasteiger partial charge in [0.2, 0.25) is 0 Å². The average molecular weight is 494 g/mol. The number of benzene rings is 5. The molecule has 38 heavy (non-hydrogen) atoms. The maximum absolute atomic E-state index is 10.0. The molecule has 0 amide bonds. The first-order valence-electron chi connectivity index (χ1n) is 13.0. The summed E-state index contributed by atoms with van der Waals surface area (Å²) in [6.07, 6.45) is 0. The van der Waals surface area contributed by atoms with Gasteiger partial charge in [-0.15, -0.1) is 0 Å². The van der Waals surface area contributed by atoms with Crippen molar-refractivity contribution in [2.75, 3.05) is 0 Å². The number of rotatable bonds is 4. The van der Waals surface area contributed by atoms with E-state index in [1.165, 1.54) is 38.3 Å². The minimum Gasteiger partial charge on any atom is -0.410 e. The number of nitrogens with one attached hydrogen (secondary N) is 1. The summed E-state index contributed by atoms with van der Waals surface area (Å²) in [5.41, 5.74) is 10.5. The first-order chi connectivity index (χ1) is 18.7. The van der Waals surface area contributed by atoms with E-state index in [4.69, 9.17) is 0 Å². The summed E-state index contributed by atoms with van der Waals surface area (Å²) >= 11 is 0. The highest BCUT2D eigenvalue weighted by molar-refractivity contribution is 6.18. The molecule has 0 atom stereocenters. The molecule has 0 saturated carbocycles. The fraction of sp³-hybridized carbons (Fsp3) is 0.0882. The maximum atomic E-state index is 10.0. The van der Waals surface area contributed by atoms with E-state index in [9.17, 15) is 5.21 Å². The van der Waals surface area contributed by atoms with Crippen LogP contribution in [0.25, 0.3) is 54.7 Å². The standard InChI is InChI=1S/C34H27N3O/c1-3-37-31-17-15-22(25-12-8-13-27-26-11-6-7-14-30(26)35-34(25)27)19-28(31)29-20-23(16-18-32(29)37)33(36-38)24-10-5-4-9-21(24)2/h4-20,35,38H,3H2,1-2H3. The molecule has 0 bridgehead atoms. The summed E-state index contributed by atoms with van der Waals surface area (Å²) in [5, 5.41) is 18.6. The van der Waals surface area contributed by atoms with E-state index in [-0.39, 0.29) is 0 Å². The summed E-state index contributed by atoms with van der Waals surface area (Å²) in [4.78, 5) is 3.65. The van der Waals surface area contributed by atoms with Gasteiger partial charge in [0.15, 0.2) is 0 Å². The van der Waals surface area contributed by atoms with Crippen LogP contribution in [-0.2, 0) is 6.54 Å². The Labute approximate surface area is 220 Å². The minimum atomic E-state index is 0.585. The predicted octanol–water partition coefficient (Wildman–Crippen LogP) is 8.65. The molecule has 7 rings (SSSR count). The van der Waals surface area contributed by atoms with Crippen LogP contribution in [0.2, 0.25) is 0 Å². The van der Waals surface area contributed by atoms with E-state index in [0.29, 0.717) is 5.71 Å². The van der Waals surface area contributed by atoms with Gasteiger partial charge in [0, 0.05) is 61.3 Å². The second-order valence-corrected chi connectivity index (χ2v) is 9.87. The molecule has 0 aliphatic carbocycles. The highest BCUT2D eigenvalue weighted by atomic mass is 16.4. The topological polar surface area (TPSA) is 53.3 Å². The summed E-state index contributed by atoms with van der Waals surface area (Å²) in [7, 11) is 0. The largest absolute Gasteiger partial charge is 0.410 e. The normalized spacial score (nSPS) is 12.3. The third-order valence-electron chi connectivity index (χ3n) is 7.81. The van der Waals surface area contributed by atoms with Gasteiger partial charge in [0.25, 0.3) is 0 Å². The fourth-order valence-electron chi connectivity index (χ4n) is 5.98. The number of oxime groups is 1. The molecule has 0 aliphatic rings. The number of H-pyrrole nitrogens is 1. The monoisotopic (exact) mass is 493 g/mol. The molecule has 0 radical (unpaired) electrons. The second-order valence-electron chi connectivity index (χ2n) is 9.87. The summed E-state index contributed by atoms with van der Waals surface area (Å²) in [6, 6.07) is 36.1. The first kappa shape index (κ1) is 22.4. The molecule has 0 unspecified atom stereocenters. The van der Waals surface area contributed by atoms with Crippen LogP contribution in [-0.4, -0.2) is 20.5 Å². The van der Waals surface area contributed by atoms with Gasteiger partial charge in [-0.1, -0.05) is 78.0 Å². The molecule has 2 heterocycles. The first-order valence-corrected chi connectivity index (χ1v) is 13.0. The van der Waals surface area contributed by atoms with E-state index < -0.39 is 0 Å². The maximum Gasteiger partial charge on any atom is 0.117 e. The number of aryl methyl sites for hydroxylation is 2. The van der Waals surface area contributed by atoms with E-state index in [1.807, 2.05) is 31.2 Å². The van der Waals surface area contributed by atoms with Gasteiger partial charge in [-0.2, -0.15) is 0 Å². The van der Waals surface area contributed by atoms with Crippen LogP contribution in [0.3, 0.4) is 0 Å². The van der Waals surface area contributed by atoms with Crippen LogP contribution in [0.5, 0.6) is 0 Å². The van der Waals surface area contributed by atoms with Crippen molar-refractivity contribution in [3.8, 4) is 11.1 Å². The van der Waals surface area contributed by atoms with Gasteiger partial charge in [-0.3, -0.25) is 0 Å². The van der Waals surface area contributed by atoms with E-state index in [0.717, 1.165) is 39.7 Å². The number of hydrogen-bond donors (Lipinski definition) is 2. The number of aromatic nitrogens is 2. The Hall–Kier alpha value is -4.83. The molecular weight excluding hydrogens is 466 g/mol. The number of aromatic amines is 1. The van der Waals surface area contributed by atoms with Crippen LogP contribution in [0.15, 0.2) is 108 Å². The zero-order valence-corrected chi connectivity index (χ0v) is 21.4. The molecule has 2 N–H and O–H groups in total. The molecule has 184 valence electrons. The Balaban J connectivity index is 1.46. The molecule has 0 spiro atoms. The van der Waals surface area contributed by atoms with E-state index in [2.05, 4.69) is 100 Å². The molecule has 2 aromatic heterocycles. The van der Waals surface area contributed by atoms with Crippen molar-refractivity contribution < 1.29 is 5.21 Å². The Morgan fingerprint density at radius 2 is 1.50 bits per heavy atom. The van der Waals surface area contributed by atoms with Gasteiger partial charge < -0.3 is 14.8 Å². The van der Waals surface area contributed by atoms with Gasteiger partial charge in [-0.05, 0) is 55.3 Å². The Kier molecular flexibility index (Phi) is 5.08. The summed E-state index contributed by atoms with van der Waals surface area (Å²) in [6.45, 7) is 5.09. The van der Waals surface area contributed by atoms with Crippen molar-refractivity contribution in [3.05, 3.63) is 120 Å². The van der Waals surface area contributed by atoms with Crippen LogP contribution in [0.1, 0.15) is 23.6 Å². The van der Waals surface area contributed by atoms with Crippen LogP contribution in [0.4, 0.5) is 0 Å². The lowest BCUT2D eigenvalue weighted by atomic mass is 9.96. The lowest BCUT2D eigenvalue weighted by Crippen LogP contribution is -2.05. The van der Waals surface area contributed by atoms with Crippen molar-refractivity contribution >= 4 is 49.3 Å². The highest BCUT2D eigenvalue weighted by Gasteiger charge is 2.17. The van der Waals surface area contributed by atoms with Gasteiger partial charge in [0.1, 0.15) is 5.71 Å². The molecule has 7 aromatic rings. The Morgan fingerprint density at radius 3 is 2.32 bits per heavy atom. The third kappa shape index (κ3) is 3.27. The van der Waals surface area contributed by atoms with E-state index >= 15 is 0 Å². The molecule has 0 aliphatic heterocycles. The minimum absolute atomic E-state index is 0.585. The van der Waals surface area contributed by atoms with Gasteiger partial charge >= 0.3 is 0 Å². The van der Waals surface area contributed by atoms with Crippen LogP contribution < -0.4 is 0 Å². The second kappa shape index (κ2) is 8.63. The van der Waals surface area contributed by atoms with Crippen molar-refractivity contribution in [2.24, 2.45) is 5.16 Å². The van der Waals surface area contributed by atoms with Crippen molar-refractivity contribution in [2.45, 2.75) is 20.4 Å². The lowest BCUT2D eigenvalue weighted by molar-refractivity contribution is 0.319. The van der Waals surface area contributed by atoms with Crippen molar-refractivity contribution in [3.63, 3.8) is 0 Å². The van der Waals surface area contributed by atoms with Crippen molar-refractivity contribution in [1.82, 2.24) is 9.55 Å². The summed E-state index contributed by atoms with van der Waals surface area (Å²) < 4.78 is 2.35. The van der Waals surface area contributed by atoms with Gasteiger partial charge in [0.05, 0.1) is 5.52 Å². The summed E-state index contributed by atoms with van der Waals surface area (Å²) in [5.74, 6) is 0. The fourth-order valence-corrected chi connectivity index (χ4v) is 5.98. The van der Waals surface area contributed by atoms with Crippen LogP contribution >= 0.6 is 0 Å². The molecular formula is C34H27N3O. The van der Waals surface area contributed by atoms with Gasteiger partial charge in [-0.25, -0.2) is 0 Å². The molecule has 4 nitrogen and oxygen atoms in total. The molecule has 0 fully saturated rings. The quantitative estimate of drug-likeness (QED) is 0.144. The number of hydrogen-bond acceptors (Lipinski definition) is 2. The number of nitrogens with zero attached hydrogens (tertiary/aromatic N) is 2. The van der Waals surface area contributed by atoms with Crippen molar-refractivity contribution in [1.29, 1.82) is 0 Å². The average Bonchev–Trinajstić information content (AvgIpc) is 3.49. The molecule has 5 aromatic carbocycles. The Morgan fingerprint density at radius 1 is 0.763 bits per heavy atom. The lowest BCUT2D eigenvalue weighted by Gasteiger charge is -2.09. The molecule has 0 saturated heterocycles. The predicted molar refractivity (Wildman–Crippen MR) is 159 cm³/mol. The smallest absolute Gasteiger partial charge is 0.117 e. The van der Waals surface area contributed by atoms with Crippen LogP contribution in [0, 0.1) is 6.92 Å². The Bertz CT molecular complexity index is 2040. The van der Waals surface area contributed by atoms with E-state index in [1.54, 1.807) is 0 Å². The third-order valence-corrected chi connectivity index (χ3v) is 7.81. The highest BCUT2D eigenvalue weighted by Crippen LogP contribution is 2.37. The zero-order valence-electron chi connectivity index (χ0n) is 21.4. The molecule has 4 heteroatoms. The number of fused-ring (bicyclic) bond motifs is 6.